The summed E-state index contributed by atoms with van der Waals surface area (Å²) < 4.78 is 0. The van der Waals surface area contributed by atoms with Crippen LogP contribution in [-0.4, -0.2) is 24.2 Å². The molecule has 2 N–H and O–H groups in total. The number of hydrogen-bond donors (Lipinski definition) is 2. The Morgan fingerprint density at radius 2 is 1.88 bits per heavy atom. The van der Waals surface area contributed by atoms with E-state index in [1.54, 1.807) is 0 Å². The summed E-state index contributed by atoms with van der Waals surface area (Å²) in [6, 6.07) is 2.15. The minimum atomic E-state index is -0.769. The molecule has 4 nitrogen and oxygen atoms in total. The molecule has 0 aromatic carbocycles. The Labute approximate surface area is 102 Å². The van der Waals surface area contributed by atoms with Gasteiger partial charge in [-0.2, -0.15) is 5.26 Å². The van der Waals surface area contributed by atoms with Gasteiger partial charge in [0.1, 0.15) is 5.41 Å². The van der Waals surface area contributed by atoms with Crippen molar-refractivity contribution in [2.24, 2.45) is 10.8 Å². The third kappa shape index (κ3) is 2.16. The van der Waals surface area contributed by atoms with Crippen LogP contribution in [0.1, 0.15) is 44.9 Å². The van der Waals surface area contributed by atoms with E-state index in [-0.39, 0.29) is 17.9 Å². The number of carbonyl (C=O) groups excluding carboxylic acids is 1. The van der Waals surface area contributed by atoms with Crippen LogP contribution < -0.4 is 5.32 Å². The Morgan fingerprint density at radius 3 is 2.29 bits per heavy atom. The lowest BCUT2D eigenvalue weighted by Crippen LogP contribution is -2.48. The molecule has 2 saturated carbocycles. The molecule has 0 aromatic rings. The Balaban J connectivity index is 1.89. The van der Waals surface area contributed by atoms with E-state index in [2.05, 4.69) is 11.4 Å². The zero-order valence-corrected chi connectivity index (χ0v) is 10.2. The fourth-order valence-corrected chi connectivity index (χ4v) is 2.87. The predicted molar refractivity (Wildman–Crippen MR) is 62.9 cm³/mol. The van der Waals surface area contributed by atoms with Gasteiger partial charge >= 0.3 is 0 Å². The van der Waals surface area contributed by atoms with Gasteiger partial charge < -0.3 is 10.4 Å². The highest BCUT2D eigenvalue weighted by molar-refractivity contribution is 5.86. The Morgan fingerprint density at radius 1 is 1.24 bits per heavy atom. The van der Waals surface area contributed by atoms with Gasteiger partial charge in [0.2, 0.25) is 5.91 Å². The fourth-order valence-electron chi connectivity index (χ4n) is 2.87. The van der Waals surface area contributed by atoms with E-state index >= 15 is 0 Å². The molecule has 17 heavy (non-hydrogen) atoms. The molecule has 2 fully saturated rings. The molecule has 94 valence electrons. The molecule has 0 saturated heterocycles. The molecule has 2 rings (SSSR count). The van der Waals surface area contributed by atoms with Crippen LogP contribution in [0.25, 0.3) is 0 Å². The highest BCUT2D eigenvalue weighted by Crippen LogP contribution is 2.41. The molecule has 2 aliphatic carbocycles. The highest BCUT2D eigenvalue weighted by atomic mass is 16.3. The number of nitrogens with zero attached hydrogens (tertiary/aromatic N) is 1. The number of carbonyl (C=O) groups is 1. The summed E-state index contributed by atoms with van der Waals surface area (Å²) in [5, 5.41) is 21.4. The molecule has 0 heterocycles. The molecule has 0 aliphatic heterocycles. The number of aliphatic hydroxyl groups is 1. The first-order chi connectivity index (χ1) is 8.16. The molecule has 0 spiro atoms. The number of hydrogen-bond acceptors (Lipinski definition) is 3. The van der Waals surface area contributed by atoms with Crippen LogP contribution in [0.2, 0.25) is 0 Å². The summed E-state index contributed by atoms with van der Waals surface area (Å²) in [5.74, 6) is -0.133. The van der Waals surface area contributed by atoms with Crippen molar-refractivity contribution in [3.8, 4) is 6.07 Å². The Hall–Kier alpha value is -1.08. The molecular formula is C13H20N2O2. The summed E-state index contributed by atoms with van der Waals surface area (Å²) in [6.07, 6.45) is 6.53. The van der Waals surface area contributed by atoms with Crippen LogP contribution in [0.15, 0.2) is 0 Å². The smallest absolute Gasteiger partial charge is 0.240 e. The predicted octanol–water partition coefficient (Wildman–Crippen LogP) is 1.35. The van der Waals surface area contributed by atoms with Crippen LogP contribution in [0.4, 0.5) is 0 Å². The SMILES string of the molecule is N#CC1(C(=O)NCC2(CO)CCCC2)CCC1. The lowest BCUT2D eigenvalue weighted by molar-refractivity contribution is -0.132. The molecule has 0 unspecified atom stereocenters. The van der Waals surface area contributed by atoms with Crippen LogP contribution in [0.5, 0.6) is 0 Å². The summed E-state index contributed by atoms with van der Waals surface area (Å²) >= 11 is 0. The van der Waals surface area contributed by atoms with Crippen molar-refractivity contribution in [3.63, 3.8) is 0 Å². The maximum atomic E-state index is 12.0. The third-order valence-corrected chi connectivity index (χ3v) is 4.48. The van der Waals surface area contributed by atoms with Gasteiger partial charge in [-0.3, -0.25) is 4.79 Å². The molecule has 0 aromatic heterocycles. The van der Waals surface area contributed by atoms with E-state index in [9.17, 15) is 9.90 Å². The maximum Gasteiger partial charge on any atom is 0.240 e. The largest absolute Gasteiger partial charge is 0.396 e. The maximum absolute atomic E-state index is 12.0. The second kappa shape index (κ2) is 4.66. The standard InChI is InChI=1S/C13H20N2O2/c14-8-13(6-3-7-13)11(17)15-9-12(10-16)4-1-2-5-12/h16H,1-7,9-10H2,(H,15,17). The normalized spacial score (nSPS) is 24.7. The molecule has 0 bridgehead atoms. The zero-order chi connectivity index (χ0) is 12.4. The zero-order valence-electron chi connectivity index (χ0n) is 10.2. The number of nitriles is 1. The second-order valence-electron chi connectivity index (χ2n) is 5.60. The first-order valence-electron chi connectivity index (χ1n) is 6.47. The fraction of sp³-hybridized carbons (Fsp3) is 0.846. The van der Waals surface area contributed by atoms with Crippen molar-refractivity contribution in [2.45, 2.75) is 44.9 Å². The molecule has 2 aliphatic rings. The van der Waals surface area contributed by atoms with E-state index < -0.39 is 5.41 Å². The second-order valence-corrected chi connectivity index (χ2v) is 5.60. The van der Waals surface area contributed by atoms with E-state index in [4.69, 9.17) is 5.26 Å². The summed E-state index contributed by atoms with van der Waals surface area (Å²) in [6.45, 7) is 0.651. The first kappa shape index (κ1) is 12.4. The average molecular weight is 236 g/mol. The van der Waals surface area contributed by atoms with Gasteiger partial charge in [0.05, 0.1) is 12.7 Å². The number of amides is 1. The van der Waals surface area contributed by atoms with Crippen molar-refractivity contribution in [3.05, 3.63) is 0 Å². The van der Waals surface area contributed by atoms with Crippen molar-refractivity contribution in [1.29, 1.82) is 5.26 Å². The van der Waals surface area contributed by atoms with Gasteiger partial charge in [-0.05, 0) is 32.1 Å². The van der Waals surface area contributed by atoms with E-state index in [1.165, 1.54) is 0 Å². The Kier molecular flexibility index (Phi) is 3.39. The van der Waals surface area contributed by atoms with Crippen LogP contribution >= 0.6 is 0 Å². The average Bonchev–Trinajstić information content (AvgIpc) is 2.75. The van der Waals surface area contributed by atoms with E-state index in [1.807, 2.05) is 0 Å². The summed E-state index contributed by atoms with van der Waals surface area (Å²) in [7, 11) is 0. The van der Waals surface area contributed by atoms with Gasteiger partial charge in [-0.1, -0.05) is 12.8 Å². The quantitative estimate of drug-likeness (QED) is 0.773. The molecule has 1 amide bonds. The molecular weight excluding hydrogens is 216 g/mol. The van der Waals surface area contributed by atoms with E-state index in [0.29, 0.717) is 19.4 Å². The summed E-state index contributed by atoms with van der Waals surface area (Å²) in [5.41, 5.74) is -0.898. The lowest BCUT2D eigenvalue weighted by atomic mass is 9.69. The minimum Gasteiger partial charge on any atom is -0.396 e. The third-order valence-electron chi connectivity index (χ3n) is 4.48. The van der Waals surface area contributed by atoms with Crippen molar-refractivity contribution in [2.75, 3.05) is 13.2 Å². The van der Waals surface area contributed by atoms with Gasteiger partial charge in [-0.15, -0.1) is 0 Å². The van der Waals surface area contributed by atoms with Crippen LogP contribution in [0, 0.1) is 22.2 Å². The number of aliphatic hydroxyl groups excluding tert-OH is 1. The van der Waals surface area contributed by atoms with Gasteiger partial charge in [-0.25, -0.2) is 0 Å². The van der Waals surface area contributed by atoms with E-state index in [0.717, 1.165) is 32.1 Å². The van der Waals surface area contributed by atoms with Gasteiger partial charge in [0, 0.05) is 12.0 Å². The summed E-state index contributed by atoms with van der Waals surface area (Å²) in [4.78, 5) is 12.0. The van der Waals surface area contributed by atoms with Gasteiger partial charge in [0.25, 0.3) is 0 Å². The first-order valence-corrected chi connectivity index (χ1v) is 6.47. The van der Waals surface area contributed by atoms with Crippen molar-refractivity contribution < 1.29 is 9.90 Å². The monoisotopic (exact) mass is 236 g/mol. The van der Waals surface area contributed by atoms with Crippen molar-refractivity contribution in [1.82, 2.24) is 5.32 Å². The molecule has 4 heteroatoms. The highest BCUT2D eigenvalue weighted by Gasteiger charge is 2.45. The molecule has 0 atom stereocenters. The molecule has 0 radical (unpaired) electrons. The lowest BCUT2D eigenvalue weighted by Gasteiger charge is -2.35. The van der Waals surface area contributed by atoms with Crippen molar-refractivity contribution >= 4 is 5.91 Å². The Bertz CT molecular complexity index is 336. The van der Waals surface area contributed by atoms with Gasteiger partial charge in [0.15, 0.2) is 0 Å². The minimum absolute atomic E-state index is 0.129. The number of nitrogens with one attached hydrogen (secondary N) is 1. The van der Waals surface area contributed by atoms with Crippen LogP contribution in [0.3, 0.4) is 0 Å². The van der Waals surface area contributed by atoms with Crippen LogP contribution in [-0.2, 0) is 4.79 Å². The topological polar surface area (TPSA) is 73.1 Å². The number of rotatable bonds is 4.